The van der Waals surface area contributed by atoms with E-state index in [9.17, 15) is 4.79 Å². The van der Waals surface area contributed by atoms with Gasteiger partial charge in [-0.05, 0) is 30.7 Å². The van der Waals surface area contributed by atoms with Crippen molar-refractivity contribution in [2.45, 2.75) is 19.9 Å². The molecule has 0 aliphatic carbocycles. The first-order valence-corrected chi connectivity index (χ1v) is 7.36. The predicted octanol–water partition coefficient (Wildman–Crippen LogP) is 2.27. The monoisotopic (exact) mass is 301 g/mol. The standard InChI is InChI=1S/C15H15N3O2S/c1-2-13-8-18-15(21-13)9-17-14(19)10-20-12-5-3-11(7-16)4-6-12/h3-6,8H,2,9-10H2,1H3,(H,17,19). The fourth-order valence-corrected chi connectivity index (χ4v) is 2.40. The predicted molar refractivity (Wildman–Crippen MR) is 80.0 cm³/mol. The van der Waals surface area contributed by atoms with Crippen molar-refractivity contribution < 1.29 is 9.53 Å². The first kappa shape index (κ1) is 15.0. The van der Waals surface area contributed by atoms with Crippen LogP contribution in [-0.2, 0) is 17.8 Å². The van der Waals surface area contributed by atoms with Gasteiger partial charge in [-0.3, -0.25) is 4.79 Å². The van der Waals surface area contributed by atoms with Gasteiger partial charge in [0, 0.05) is 11.1 Å². The number of nitrogens with one attached hydrogen (secondary N) is 1. The van der Waals surface area contributed by atoms with Gasteiger partial charge in [0.1, 0.15) is 10.8 Å². The highest BCUT2D eigenvalue weighted by Crippen LogP contribution is 2.13. The molecule has 0 spiro atoms. The summed E-state index contributed by atoms with van der Waals surface area (Å²) in [7, 11) is 0. The molecule has 1 heterocycles. The van der Waals surface area contributed by atoms with E-state index in [1.807, 2.05) is 12.3 Å². The van der Waals surface area contributed by atoms with Crippen molar-refractivity contribution in [3.05, 3.63) is 45.9 Å². The lowest BCUT2D eigenvalue weighted by atomic mass is 10.2. The summed E-state index contributed by atoms with van der Waals surface area (Å²) in [5.41, 5.74) is 0.558. The number of ether oxygens (including phenoxy) is 1. The van der Waals surface area contributed by atoms with Gasteiger partial charge < -0.3 is 10.1 Å². The highest BCUT2D eigenvalue weighted by Gasteiger charge is 2.05. The van der Waals surface area contributed by atoms with Gasteiger partial charge in [-0.15, -0.1) is 11.3 Å². The molecule has 0 bridgehead atoms. The van der Waals surface area contributed by atoms with E-state index in [4.69, 9.17) is 10.00 Å². The Balaban J connectivity index is 1.75. The molecule has 0 saturated carbocycles. The second kappa shape index (κ2) is 7.41. The maximum atomic E-state index is 11.7. The molecule has 0 radical (unpaired) electrons. The van der Waals surface area contributed by atoms with E-state index in [-0.39, 0.29) is 12.5 Å². The zero-order valence-corrected chi connectivity index (χ0v) is 12.4. The molecule has 0 unspecified atom stereocenters. The summed E-state index contributed by atoms with van der Waals surface area (Å²) < 4.78 is 5.34. The van der Waals surface area contributed by atoms with E-state index in [0.29, 0.717) is 17.9 Å². The molecule has 6 heteroatoms. The van der Waals surface area contributed by atoms with Crippen LogP contribution in [0.1, 0.15) is 22.4 Å². The van der Waals surface area contributed by atoms with Crippen LogP contribution in [0.15, 0.2) is 30.5 Å². The molecule has 0 atom stereocenters. The Hall–Kier alpha value is -2.39. The van der Waals surface area contributed by atoms with Crippen molar-refractivity contribution in [2.24, 2.45) is 0 Å². The number of aryl methyl sites for hydroxylation is 1. The summed E-state index contributed by atoms with van der Waals surface area (Å²) in [6, 6.07) is 8.65. The topological polar surface area (TPSA) is 75.0 Å². The summed E-state index contributed by atoms with van der Waals surface area (Å²) in [5, 5.41) is 12.3. The molecular weight excluding hydrogens is 286 g/mol. The van der Waals surface area contributed by atoms with Gasteiger partial charge >= 0.3 is 0 Å². The number of hydrogen-bond acceptors (Lipinski definition) is 5. The number of hydrogen-bond donors (Lipinski definition) is 1. The van der Waals surface area contributed by atoms with Crippen LogP contribution in [0.5, 0.6) is 5.75 Å². The first-order valence-electron chi connectivity index (χ1n) is 6.54. The molecule has 1 amide bonds. The molecule has 0 aliphatic rings. The van der Waals surface area contributed by atoms with Gasteiger partial charge in [0.25, 0.3) is 5.91 Å². The quantitative estimate of drug-likeness (QED) is 0.888. The van der Waals surface area contributed by atoms with E-state index >= 15 is 0 Å². The molecule has 1 N–H and O–H groups in total. The van der Waals surface area contributed by atoms with Crippen LogP contribution in [0, 0.1) is 11.3 Å². The number of carbonyl (C=O) groups is 1. The van der Waals surface area contributed by atoms with E-state index in [2.05, 4.69) is 17.2 Å². The molecule has 2 rings (SSSR count). The highest BCUT2D eigenvalue weighted by molar-refractivity contribution is 7.11. The van der Waals surface area contributed by atoms with E-state index < -0.39 is 0 Å². The number of nitrogens with zero attached hydrogens (tertiary/aromatic N) is 2. The van der Waals surface area contributed by atoms with E-state index in [1.165, 1.54) is 4.88 Å². The second-order valence-electron chi connectivity index (χ2n) is 4.28. The van der Waals surface area contributed by atoms with Crippen molar-refractivity contribution >= 4 is 17.2 Å². The Bertz CT molecular complexity index is 644. The number of nitriles is 1. The van der Waals surface area contributed by atoms with Gasteiger partial charge in [-0.25, -0.2) is 4.98 Å². The fraction of sp³-hybridized carbons (Fsp3) is 0.267. The third-order valence-corrected chi connectivity index (χ3v) is 3.88. The minimum atomic E-state index is -0.201. The van der Waals surface area contributed by atoms with Gasteiger partial charge in [0.15, 0.2) is 6.61 Å². The van der Waals surface area contributed by atoms with Crippen molar-refractivity contribution in [2.75, 3.05) is 6.61 Å². The maximum Gasteiger partial charge on any atom is 0.258 e. The number of amides is 1. The first-order chi connectivity index (χ1) is 10.2. The van der Waals surface area contributed by atoms with Crippen molar-refractivity contribution in [1.82, 2.24) is 10.3 Å². The lowest BCUT2D eigenvalue weighted by Crippen LogP contribution is -2.28. The van der Waals surface area contributed by atoms with Gasteiger partial charge in [0.2, 0.25) is 0 Å². The highest BCUT2D eigenvalue weighted by atomic mass is 32.1. The third kappa shape index (κ3) is 4.58. The largest absolute Gasteiger partial charge is 0.484 e. The maximum absolute atomic E-state index is 11.7. The number of thiazole rings is 1. The molecule has 0 aliphatic heterocycles. The smallest absolute Gasteiger partial charge is 0.258 e. The molecule has 1 aromatic carbocycles. The second-order valence-corrected chi connectivity index (χ2v) is 5.48. The molecule has 0 fully saturated rings. The summed E-state index contributed by atoms with van der Waals surface area (Å²) in [4.78, 5) is 17.1. The number of carbonyl (C=O) groups excluding carboxylic acids is 1. The summed E-state index contributed by atoms with van der Waals surface area (Å²) in [6.45, 7) is 2.43. The summed E-state index contributed by atoms with van der Waals surface area (Å²) in [6.07, 6.45) is 2.78. The van der Waals surface area contributed by atoms with Crippen molar-refractivity contribution in [1.29, 1.82) is 5.26 Å². The van der Waals surface area contributed by atoms with Crippen molar-refractivity contribution in [3.8, 4) is 11.8 Å². The third-order valence-electron chi connectivity index (χ3n) is 2.74. The van der Waals surface area contributed by atoms with E-state index in [0.717, 1.165) is 11.4 Å². The van der Waals surface area contributed by atoms with Gasteiger partial charge in [-0.1, -0.05) is 6.92 Å². The average Bonchev–Trinajstić information content (AvgIpc) is 2.99. The van der Waals surface area contributed by atoms with Crippen LogP contribution in [0.2, 0.25) is 0 Å². The molecular formula is C15H15N3O2S. The van der Waals surface area contributed by atoms with Gasteiger partial charge in [0.05, 0.1) is 18.2 Å². The molecule has 0 saturated heterocycles. The Labute approximate surface area is 127 Å². The number of aromatic nitrogens is 1. The van der Waals surface area contributed by atoms with Crippen LogP contribution in [0.4, 0.5) is 0 Å². The normalized spacial score (nSPS) is 9.90. The minimum absolute atomic E-state index is 0.0576. The minimum Gasteiger partial charge on any atom is -0.484 e. The molecule has 5 nitrogen and oxygen atoms in total. The average molecular weight is 301 g/mol. The van der Waals surface area contributed by atoms with Crippen LogP contribution in [0.3, 0.4) is 0 Å². The summed E-state index contributed by atoms with van der Waals surface area (Å²) >= 11 is 1.60. The Kier molecular flexibility index (Phi) is 5.29. The number of rotatable bonds is 6. The van der Waals surface area contributed by atoms with Crippen molar-refractivity contribution in [3.63, 3.8) is 0 Å². The van der Waals surface area contributed by atoms with Crippen LogP contribution in [0.25, 0.3) is 0 Å². The molecule has 2 aromatic rings. The van der Waals surface area contributed by atoms with E-state index in [1.54, 1.807) is 35.6 Å². The molecule has 1 aromatic heterocycles. The van der Waals surface area contributed by atoms with Gasteiger partial charge in [-0.2, -0.15) is 5.26 Å². The zero-order valence-electron chi connectivity index (χ0n) is 11.6. The SMILES string of the molecule is CCc1cnc(CNC(=O)COc2ccc(C#N)cc2)s1. The lowest BCUT2D eigenvalue weighted by molar-refractivity contribution is -0.123. The number of benzene rings is 1. The lowest BCUT2D eigenvalue weighted by Gasteiger charge is -2.06. The van der Waals surface area contributed by atoms with Crippen LogP contribution in [-0.4, -0.2) is 17.5 Å². The zero-order chi connectivity index (χ0) is 15.1. The molecule has 108 valence electrons. The van der Waals surface area contributed by atoms with Crippen LogP contribution >= 0.6 is 11.3 Å². The Morgan fingerprint density at radius 1 is 1.43 bits per heavy atom. The Morgan fingerprint density at radius 3 is 2.81 bits per heavy atom. The Morgan fingerprint density at radius 2 is 2.19 bits per heavy atom. The fourth-order valence-electron chi connectivity index (χ4n) is 1.59. The molecule has 21 heavy (non-hydrogen) atoms. The summed E-state index contributed by atoms with van der Waals surface area (Å²) in [5.74, 6) is 0.360. The van der Waals surface area contributed by atoms with Crippen LogP contribution < -0.4 is 10.1 Å².